The number of esters is 1. The van der Waals surface area contributed by atoms with Gasteiger partial charge in [0, 0.05) is 48.8 Å². The predicted molar refractivity (Wildman–Crippen MR) is 111 cm³/mol. The Morgan fingerprint density at radius 1 is 1.17 bits per heavy atom. The van der Waals surface area contributed by atoms with Gasteiger partial charge >= 0.3 is 5.97 Å². The van der Waals surface area contributed by atoms with E-state index in [1.54, 1.807) is 18.2 Å². The molecule has 0 atom stereocenters. The Hall–Kier alpha value is -3.16. The fourth-order valence-electron chi connectivity index (χ4n) is 3.49. The first kappa shape index (κ1) is 20.6. The number of carbonyl (C=O) groups is 1. The molecule has 1 aliphatic heterocycles. The topological polar surface area (TPSA) is 95.5 Å². The van der Waals surface area contributed by atoms with E-state index in [1.165, 1.54) is 0 Å². The van der Waals surface area contributed by atoms with E-state index in [1.807, 2.05) is 18.7 Å². The van der Waals surface area contributed by atoms with Crippen LogP contribution < -0.4 is 15.5 Å². The number of nitrogens with zero attached hydrogens (tertiary/aromatic N) is 3. The highest BCUT2D eigenvalue weighted by molar-refractivity contribution is 5.94. The maximum Gasteiger partial charge on any atom is 0.313 e. The molecule has 29 heavy (non-hydrogen) atoms. The summed E-state index contributed by atoms with van der Waals surface area (Å²) in [6.07, 6.45) is -0.294. The number of ether oxygens (including phenoxy) is 1. The molecule has 1 fully saturated rings. The number of carbonyl (C=O) groups excluding carboxylic acids is 1. The van der Waals surface area contributed by atoms with Gasteiger partial charge in [0.15, 0.2) is 5.82 Å². The molecule has 1 aromatic carbocycles. The van der Waals surface area contributed by atoms with Crippen LogP contribution in [0.4, 0.5) is 15.8 Å². The van der Waals surface area contributed by atoms with Crippen molar-refractivity contribution in [1.29, 1.82) is 5.41 Å². The summed E-state index contributed by atoms with van der Waals surface area (Å²) in [7, 11) is 0. The van der Waals surface area contributed by atoms with E-state index in [0.29, 0.717) is 24.3 Å². The molecule has 154 valence electrons. The van der Waals surface area contributed by atoms with Crippen molar-refractivity contribution < 1.29 is 13.9 Å². The number of hydrogen-bond acceptors (Lipinski definition) is 6. The molecular weight excluding hydrogens is 373 g/mol. The normalized spacial score (nSPS) is 14.0. The summed E-state index contributed by atoms with van der Waals surface area (Å²) in [5, 5.41) is 7.11. The van der Waals surface area contributed by atoms with Crippen LogP contribution >= 0.6 is 0 Å². The Kier molecular flexibility index (Phi) is 6.31. The molecule has 0 unspecified atom stereocenters. The third-order valence-electron chi connectivity index (χ3n) is 4.83. The molecule has 0 spiro atoms. The molecule has 7 nitrogen and oxygen atoms in total. The van der Waals surface area contributed by atoms with Crippen LogP contribution in [-0.4, -0.2) is 43.0 Å². The smallest absolute Gasteiger partial charge is 0.313 e. The second-order valence-electron chi connectivity index (χ2n) is 7.20. The van der Waals surface area contributed by atoms with Gasteiger partial charge in [0.1, 0.15) is 18.9 Å². The van der Waals surface area contributed by atoms with Gasteiger partial charge in [-0.15, -0.1) is 0 Å². The molecule has 1 saturated heterocycles. The third-order valence-corrected chi connectivity index (χ3v) is 4.83. The fourth-order valence-corrected chi connectivity index (χ4v) is 3.49. The molecule has 3 N–H and O–H groups in total. The molecule has 2 heterocycles. The highest BCUT2D eigenvalue weighted by Crippen LogP contribution is 2.26. The van der Waals surface area contributed by atoms with E-state index in [9.17, 15) is 9.18 Å². The minimum atomic E-state index is -0.640. The van der Waals surface area contributed by atoms with Gasteiger partial charge in [-0.3, -0.25) is 15.2 Å². The zero-order valence-electron chi connectivity index (χ0n) is 16.7. The van der Waals surface area contributed by atoms with Gasteiger partial charge in [-0.25, -0.2) is 4.39 Å². The SMILES string of the molecule is Cc1cc(N2CCN(c3cccc(COC(=O)CC(=N)N)c3F)CC2)cc(C)n1. The zero-order valence-corrected chi connectivity index (χ0v) is 16.7. The lowest BCUT2D eigenvalue weighted by Gasteiger charge is -2.37. The highest BCUT2D eigenvalue weighted by Gasteiger charge is 2.21. The third kappa shape index (κ3) is 5.22. The molecule has 1 aromatic heterocycles. The average Bonchev–Trinajstić information content (AvgIpc) is 2.66. The first-order valence-electron chi connectivity index (χ1n) is 9.54. The number of piperazine rings is 1. The molecule has 1 aliphatic rings. The fraction of sp³-hybridized carbons (Fsp3) is 0.381. The summed E-state index contributed by atoms with van der Waals surface area (Å²) < 4.78 is 20.0. The Labute approximate surface area is 169 Å². The number of anilines is 2. The maximum absolute atomic E-state index is 15.0. The lowest BCUT2D eigenvalue weighted by molar-refractivity contribution is -0.143. The van der Waals surface area contributed by atoms with Crippen molar-refractivity contribution in [2.45, 2.75) is 26.9 Å². The van der Waals surface area contributed by atoms with Crippen LogP contribution in [0.2, 0.25) is 0 Å². The van der Waals surface area contributed by atoms with Crippen molar-refractivity contribution in [3.05, 3.63) is 53.1 Å². The van der Waals surface area contributed by atoms with Gasteiger partial charge in [0.2, 0.25) is 0 Å². The molecule has 0 radical (unpaired) electrons. The zero-order chi connectivity index (χ0) is 21.0. The molecular formula is C21H26FN5O2. The first-order chi connectivity index (χ1) is 13.8. The van der Waals surface area contributed by atoms with Crippen molar-refractivity contribution in [2.75, 3.05) is 36.0 Å². The number of amidine groups is 1. The lowest BCUT2D eigenvalue weighted by atomic mass is 10.1. The van der Waals surface area contributed by atoms with Gasteiger partial charge in [-0.05, 0) is 32.0 Å². The van der Waals surface area contributed by atoms with Crippen LogP contribution in [0.5, 0.6) is 0 Å². The van der Waals surface area contributed by atoms with E-state index in [-0.39, 0.29) is 24.7 Å². The average molecular weight is 399 g/mol. The van der Waals surface area contributed by atoms with E-state index < -0.39 is 5.97 Å². The minimum Gasteiger partial charge on any atom is -0.460 e. The van der Waals surface area contributed by atoms with E-state index in [2.05, 4.69) is 22.0 Å². The number of halogens is 1. The van der Waals surface area contributed by atoms with E-state index >= 15 is 0 Å². The number of benzene rings is 1. The summed E-state index contributed by atoms with van der Waals surface area (Å²) in [5.74, 6) is -1.30. The number of rotatable bonds is 6. The standard InChI is InChI=1S/C21H26FN5O2/c1-14-10-17(11-15(2)25-14)26-6-8-27(9-7-26)18-5-3-4-16(21(18)22)13-29-20(28)12-19(23)24/h3-5,10-11H,6-9,12-13H2,1-2H3,(H3,23,24). The summed E-state index contributed by atoms with van der Waals surface area (Å²) in [6, 6.07) is 9.23. The predicted octanol–water partition coefficient (Wildman–Crippen LogP) is 2.53. The van der Waals surface area contributed by atoms with Gasteiger partial charge in [-0.2, -0.15) is 0 Å². The number of hydrogen-bond donors (Lipinski definition) is 2. The van der Waals surface area contributed by atoms with Crippen LogP contribution in [0.15, 0.2) is 30.3 Å². The molecule has 0 aliphatic carbocycles. The molecule has 8 heteroatoms. The number of pyridine rings is 1. The quantitative estimate of drug-likeness (QED) is 0.440. The van der Waals surface area contributed by atoms with Gasteiger partial charge in [-0.1, -0.05) is 12.1 Å². The monoisotopic (exact) mass is 399 g/mol. The van der Waals surface area contributed by atoms with Crippen LogP contribution in [-0.2, 0) is 16.1 Å². The molecule has 0 saturated carbocycles. The maximum atomic E-state index is 15.0. The highest BCUT2D eigenvalue weighted by atomic mass is 19.1. The number of aromatic nitrogens is 1. The summed E-state index contributed by atoms with van der Waals surface area (Å²) in [5.41, 5.74) is 9.10. The van der Waals surface area contributed by atoms with Crippen LogP contribution in [0.1, 0.15) is 23.4 Å². The summed E-state index contributed by atoms with van der Waals surface area (Å²) in [6.45, 7) is 6.71. The van der Waals surface area contributed by atoms with Gasteiger partial charge in [0.05, 0.1) is 5.69 Å². The van der Waals surface area contributed by atoms with E-state index in [4.69, 9.17) is 15.9 Å². The molecule has 0 amide bonds. The second kappa shape index (κ2) is 8.89. The minimum absolute atomic E-state index is 0.179. The lowest BCUT2D eigenvalue weighted by Crippen LogP contribution is -2.47. The Morgan fingerprint density at radius 2 is 1.79 bits per heavy atom. The van der Waals surface area contributed by atoms with Crippen molar-refractivity contribution in [3.63, 3.8) is 0 Å². The Morgan fingerprint density at radius 3 is 2.41 bits per heavy atom. The van der Waals surface area contributed by atoms with Crippen molar-refractivity contribution in [2.24, 2.45) is 5.73 Å². The van der Waals surface area contributed by atoms with Crippen LogP contribution in [0.3, 0.4) is 0 Å². The molecule has 0 bridgehead atoms. The van der Waals surface area contributed by atoms with Gasteiger partial charge < -0.3 is 20.3 Å². The van der Waals surface area contributed by atoms with Crippen molar-refractivity contribution in [1.82, 2.24) is 4.98 Å². The Balaban J connectivity index is 1.64. The summed E-state index contributed by atoms with van der Waals surface area (Å²) in [4.78, 5) is 20.3. The first-order valence-corrected chi connectivity index (χ1v) is 9.54. The molecule has 3 rings (SSSR count). The number of aryl methyl sites for hydroxylation is 2. The largest absolute Gasteiger partial charge is 0.460 e. The number of nitrogens with one attached hydrogen (secondary N) is 1. The van der Waals surface area contributed by atoms with Crippen molar-refractivity contribution >= 4 is 23.2 Å². The van der Waals surface area contributed by atoms with Crippen LogP contribution in [0, 0.1) is 25.1 Å². The Bertz CT molecular complexity index is 890. The summed E-state index contributed by atoms with van der Waals surface area (Å²) >= 11 is 0. The number of nitrogens with two attached hydrogens (primary N) is 1. The van der Waals surface area contributed by atoms with Crippen LogP contribution in [0.25, 0.3) is 0 Å². The second-order valence-corrected chi connectivity index (χ2v) is 7.20. The molecule has 2 aromatic rings. The van der Waals surface area contributed by atoms with Crippen molar-refractivity contribution in [3.8, 4) is 0 Å². The van der Waals surface area contributed by atoms with Gasteiger partial charge in [0.25, 0.3) is 0 Å². The van der Waals surface area contributed by atoms with E-state index in [0.717, 1.165) is 30.2 Å².